The van der Waals surface area contributed by atoms with Crippen LogP contribution in [0.5, 0.6) is 5.75 Å². The molecule has 0 aromatic heterocycles. The number of carbonyl (C=O) groups is 1. The SMILES string of the molecule is CC1CN(Cc2ccc(C(=O)N3CCC(COc4ccccc4)CC3)cc2)CC(C)O1. The van der Waals surface area contributed by atoms with Gasteiger partial charge in [0, 0.05) is 38.3 Å². The first-order valence-corrected chi connectivity index (χ1v) is 11.5. The van der Waals surface area contributed by atoms with E-state index in [2.05, 4.69) is 30.9 Å². The Morgan fingerprint density at radius 2 is 1.61 bits per heavy atom. The number of morpholine rings is 1. The number of rotatable bonds is 6. The highest BCUT2D eigenvalue weighted by Crippen LogP contribution is 2.21. The molecule has 0 saturated carbocycles. The molecule has 4 rings (SSSR count). The highest BCUT2D eigenvalue weighted by Gasteiger charge is 2.25. The zero-order chi connectivity index (χ0) is 21.6. The van der Waals surface area contributed by atoms with Crippen molar-refractivity contribution in [2.24, 2.45) is 5.92 Å². The van der Waals surface area contributed by atoms with Gasteiger partial charge in [-0.1, -0.05) is 30.3 Å². The molecule has 1 amide bonds. The molecule has 2 aliphatic rings. The number of ether oxygens (including phenoxy) is 2. The van der Waals surface area contributed by atoms with Crippen molar-refractivity contribution in [1.82, 2.24) is 9.80 Å². The first-order chi connectivity index (χ1) is 15.1. The van der Waals surface area contributed by atoms with Gasteiger partial charge < -0.3 is 14.4 Å². The van der Waals surface area contributed by atoms with E-state index >= 15 is 0 Å². The van der Waals surface area contributed by atoms with Crippen molar-refractivity contribution in [3.63, 3.8) is 0 Å². The summed E-state index contributed by atoms with van der Waals surface area (Å²) < 4.78 is 11.7. The molecule has 2 saturated heterocycles. The van der Waals surface area contributed by atoms with Crippen molar-refractivity contribution in [3.8, 4) is 5.75 Å². The third-order valence-corrected chi connectivity index (χ3v) is 6.23. The molecule has 5 nitrogen and oxygen atoms in total. The number of hydrogen-bond acceptors (Lipinski definition) is 4. The van der Waals surface area contributed by atoms with Gasteiger partial charge in [-0.2, -0.15) is 0 Å². The molecule has 31 heavy (non-hydrogen) atoms. The van der Waals surface area contributed by atoms with E-state index in [-0.39, 0.29) is 18.1 Å². The number of para-hydroxylation sites is 1. The molecule has 0 bridgehead atoms. The Morgan fingerprint density at radius 3 is 2.26 bits per heavy atom. The second kappa shape index (κ2) is 10.3. The number of benzene rings is 2. The van der Waals surface area contributed by atoms with E-state index in [1.165, 1.54) is 5.56 Å². The average Bonchev–Trinajstić information content (AvgIpc) is 2.78. The van der Waals surface area contributed by atoms with Crippen molar-refractivity contribution in [2.45, 2.75) is 45.4 Å². The van der Waals surface area contributed by atoms with Gasteiger partial charge in [-0.25, -0.2) is 0 Å². The molecule has 166 valence electrons. The lowest BCUT2D eigenvalue weighted by atomic mass is 9.97. The highest BCUT2D eigenvalue weighted by atomic mass is 16.5. The molecule has 0 spiro atoms. The van der Waals surface area contributed by atoms with E-state index in [0.29, 0.717) is 5.92 Å². The maximum absolute atomic E-state index is 12.9. The zero-order valence-corrected chi connectivity index (χ0v) is 18.7. The zero-order valence-electron chi connectivity index (χ0n) is 18.7. The summed E-state index contributed by atoms with van der Waals surface area (Å²) in [4.78, 5) is 17.4. The summed E-state index contributed by atoms with van der Waals surface area (Å²) in [7, 11) is 0. The molecular formula is C26H34N2O3. The lowest BCUT2D eigenvalue weighted by Gasteiger charge is -2.35. The fourth-order valence-electron chi connectivity index (χ4n) is 4.64. The van der Waals surface area contributed by atoms with Crippen molar-refractivity contribution < 1.29 is 14.3 Å². The van der Waals surface area contributed by atoms with Gasteiger partial charge >= 0.3 is 0 Å². The minimum Gasteiger partial charge on any atom is -0.493 e. The van der Waals surface area contributed by atoms with Crippen LogP contribution < -0.4 is 4.74 Å². The number of piperidine rings is 1. The van der Waals surface area contributed by atoms with E-state index < -0.39 is 0 Å². The van der Waals surface area contributed by atoms with E-state index in [1.807, 2.05) is 47.4 Å². The van der Waals surface area contributed by atoms with Gasteiger partial charge in [0.25, 0.3) is 5.91 Å². The number of carbonyl (C=O) groups excluding carboxylic acids is 1. The van der Waals surface area contributed by atoms with Crippen LogP contribution in [0.4, 0.5) is 0 Å². The van der Waals surface area contributed by atoms with Gasteiger partial charge in [0.2, 0.25) is 0 Å². The Kier molecular flexibility index (Phi) is 7.25. The minimum atomic E-state index is 0.141. The van der Waals surface area contributed by atoms with Crippen LogP contribution in [0, 0.1) is 5.92 Å². The first-order valence-electron chi connectivity index (χ1n) is 11.5. The molecule has 0 aliphatic carbocycles. The summed E-state index contributed by atoms with van der Waals surface area (Å²) in [6, 6.07) is 18.1. The minimum absolute atomic E-state index is 0.141. The number of nitrogens with zero attached hydrogens (tertiary/aromatic N) is 2. The Morgan fingerprint density at radius 1 is 0.968 bits per heavy atom. The summed E-state index contributed by atoms with van der Waals surface area (Å²) in [5.74, 6) is 1.56. The van der Waals surface area contributed by atoms with Crippen LogP contribution in [0.3, 0.4) is 0 Å². The predicted molar refractivity (Wildman–Crippen MR) is 122 cm³/mol. The second-order valence-corrected chi connectivity index (χ2v) is 9.01. The van der Waals surface area contributed by atoms with Crippen molar-refractivity contribution in [1.29, 1.82) is 0 Å². The summed E-state index contributed by atoms with van der Waals surface area (Å²) in [5.41, 5.74) is 2.03. The molecule has 2 aromatic carbocycles. The van der Waals surface area contributed by atoms with Gasteiger partial charge in [0.15, 0.2) is 0 Å². The monoisotopic (exact) mass is 422 g/mol. The second-order valence-electron chi connectivity index (χ2n) is 9.01. The molecule has 2 aromatic rings. The van der Waals surface area contributed by atoms with Crippen LogP contribution in [0.25, 0.3) is 0 Å². The smallest absolute Gasteiger partial charge is 0.253 e. The number of hydrogen-bond donors (Lipinski definition) is 0. The Hall–Kier alpha value is -2.37. The fourth-order valence-corrected chi connectivity index (χ4v) is 4.64. The van der Waals surface area contributed by atoms with Crippen LogP contribution in [0.15, 0.2) is 54.6 Å². The fraction of sp³-hybridized carbons (Fsp3) is 0.500. The number of likely N-dealkylation sites (tertiary alicyclic amines) is 1. The Bertz CT molecular complexity index is 821. The highest BCUT2D eigenvalue weighted by molar-refractivity contribution is 5.94. The maximum atomic E-state index is 12.9. The van der Waals surface area contributed by atoms with E-state index in [0.717, 1.165) is 63.5 Å². The van der Waals surface area contributed by atoms with Gasteiger partial charge in [-0.05, 0) is 62.4 Å². The third kappa shape index (κ3) is 6.08. The molecule has 5 heteroatoms. The predicted octanol–water partition coefficient (Wildman–Crippen LogP) is 4.23. The quantitative estimate of drug-likeness (QED) is 0.699. The molecule has 2 fully saturated rings. The van der Waals surface area contributed by atoms with Gasteiger partial charge in [-0.15, -0.1) is 0 Å². The summed E-state index contributed by atoms with van der Waals surface area (Å²) in [6.07, 6.45) is 2.52. The third-order valence-electron chi connectivity index (χ3n) is 6.23. The first kappa shape index (κ1) is 21.8. The molecular weight excluding hydrogens is 388 g/mol. The summed E-state index contributed by atoms with van der Waals surface area (Å²) in [5, 5.41) is 0. The van der Waals surface area contributed by atoms with Crippen LogP contribution >= 0.6 is 0 Å². The largest absolute Gasteiger partial charge is 0.493 e. The van der Waals surface area contributed by atoms with Gasteiger partial charge in [0.1, 0.15) is 5.75 Å². The molecule has 2 aliphatic heterocycles. The Balaban J connectivity index is 1.24. The lowest BCUT2D eigenvalue weighted by Crippen LogP contribution is -2.44. The maximum Gasteiger partial charge on any atom is 0.253 e. The molecule has 0 N–H and O–H groups in total. The summed E-state index contributed by atoms with van der Waals surface area (Å²) >= 11 is 0. The topological polar surface area (TPSA) is 42.0 Å². The van der Waals surface area contributed by atoms with Crippen molar-refractivity contribution in [2.75, 3.05) is 32.8 Å². The summed E-state index contributed by atoms with van der Waals surface area (Å²) in [6.45, 7) is 9.38. The van der Waals surface area contributed by atoms with Crippen LogP contribution in [0.1, 0.15) is 42.6 Å². The normalized spacial score (nSPS) is 23.0. The van der Waals surface area contributed by atoms with E-state index in [4.69, 9.17) is 9.47 Å². The molecule has 2 unspecified atom stereocenters. The van der Waals surface area contributed by atoms with Crippen LogP contribution in [0.2, 0.25) is 0 Å². The van der Waals surface area contributed by atoms with Gasteiger partial charge in [0.05, 0.1) is 18.8 Å². The van der Waals surface area contributed by atoms with Crippen LogP contribution in [-0.2, 0) is 11.3 Å². The van der Waals surface area contributed by atoms with E-state index in [9.17, 15) is 4.79 Å². The van der Waals surface area contributed by atoms with Gasteiger partial charge in [-0.3, -0.25) is 9.69 Å². The Labute approximate surface area is 185 Å². The van der Waals surface area contributed by atoms with Crippen LogP contribution in [-0.4, -0.2) is 60.7 Å². The van der Waals surface area contributed by atoms with Crippen molar-refractivity contribution >= 4 is 5.91 Å². The lowest BCUT2D eigenvalue weighted by molar-refractivity contribution is -0.0704. The number of amides is 1. The molecule has 2 heterocycles. The van der Waals surface area contributed by atoms with E-state index in [1.54, 1.807) is 0 Å². The molecule has 2 atom stereocenters. The molecule has 0 radical (unpaired) electrons. The standard InChI is InChI=1S/C26H34N2O3/c1-20-16-27(17-21(2)31-20)18-22-8-10-24(11-9-22)26(29)28-14-12-23(13-15-28)19-30-25-6-4-3-5-7-25/h3-11,20-21,23H,12-19H2,1-2H3. The average molecular weight is 423 g/mol. The van der Waals surface area contributed by atoms with Crippen molar-refractivity contribution in [3.05, 3.63) is 65.7 Å².